The Labute approximate surface area is 181 Å². The lowest BCUT2D eigenvalue weighted by atomic mass is 9.83. The Bertz CT molecular complexity index is 783. The highest BCUT2D eigenvalue weighted by Crippen LogP contribution is 2.65. The second kappa shape index (κ2) is 8.69. The summed E-state index contributed by atoms with van der Waals surface area (Å²) < 4.78 is 3.84. The molecule has 3 rings (SSSR count). The van der Waals surface area contributed by atoms with Crippen LogP contribution in [0.15, 0.2) is 47.1 Å². The zero-order chi connectivity index (χ0) is 20.4. The molecule has 152 valence electrons. The highest BCUT2D eigenvalue weighted by atomic mass is 35.6. The molecule has 0 spiro atoms. The molecule has 0 saturated heterocycles. The van der Waals surface area contributed by atoms with E-state index in [0.717, 1.165) is 31.2 Å². The molecule has 1 aromatic carbocycles. The number of halogens is 3. The van der Waals surface area contributed by atoms with Crippen molar-refractivity contribution in [3.8, 4) is 0 Å². The number of amides is 1. The summed E-state index contributed by atoms with van der Waals surface area (Å²) in [7, 11) is 0. The second-order valence-corrected chi connectivity index (χ2v) is 9.96. The maximum absolute atomic E-state index is 12.8. The van der Waals surface area contributed by atoms with Gasteiger partial charge in [0, 0.05) is 5.56 Å². The van der Waals surface area contributed by atoms with Crippen LogP contribution >= 0.6 is 34.8 Å². The summed E-state index contributed by atoms with van der Waals surface area (Å²) in [6.07, 6.45) is 7.07. The molecule has 1 aromatic heterocycles. The fraction of sp³-hybridized carbons (Fsp3) is 0.500. The van der Waals surface area contributed by atoms with E-state index in [2.05, 4.69) is 19.2 Å². The van der Waals surface area contributed by atoms with Crippen LogP contribution in [0, 0.1) is 11.3 Å². The molecule has 6 heteroatoms. The van der Waals surface area contributed by atoms with Gasteiger partial charge in [0.15, 0.2) is 5.76 Å². The molecule has 1 heterocycles. The van der Waals surface area contributed by atoms with Crippen LogP contribution < -0.4 is 5.32 Å². The third-order valence-corrected chi connectivity index (χ3v) is 6.45. The third kappa shape index (κ3) is 4.53. The van der Waals surface area contributed by atoms with Gasteiger partial charge in [0.05, 0.1) is 12.3 Å². The second-order valence-electron chi connectivity index (χ2n) is 7.68. The van der Waals surface area contributed by atoms with Crippen molar-refractivity contribution >= 4 is 40.7 Å². The van der Waals surface area contributed by atoms with Crippen LogP contribution in [0.4, 0.5) is 0 Å². The summed E-state index contributed by atoms with van der Waals surface area (Å²) in [6.45, 7) is 4.40. The van der Waals surface area contributed by atoms with E-state index in [-0.39, 0.29) is 17.4 Å². The summed E-state index contributed by atoms with van der Waals surface area (Å²) in [5.41, 5.74) is 1.71. The Morgan fingerprint density at radius 1 is 1.21 bits per heavy atom. The molecular weight excluding hydrogens is 417 g/mol. The van der Waals surface area contributed by atoms with Crippen LogP contribution in [0.5, 0.6) is 0 Å². The fourth-order valence-corrected chi connectivity index (χ4v) is 4.82. The van der Waals surface area contributed by atoms with Gasteiger partial charge in [-0.15, -0.1) is 0 Å². The minimum Gasteiger partial charge on any atom is -0.459 e. The molecule has 28 heavy (non-hydrogen) atoms. The Morgan fingerprint density at radius 3 is 2.46 bits per heavy atom. The summed E-state index contributed by atoms with van der Waals surface area (Å²) in [5, 5.41) is 3.24. The number of benzene rings is 1. The highest BCUT2D eigenvalue weighted by molar-refractivity contribution is 6.66. The van der Waals surface area contributed by atoms with Crippen LogP contribution in [0.2, 0.25) is 0 Å². The van der Waals surface area contributed by atoms with Crippen molar-refractivity contribution in [2.24, 2.45) is 11.3 Å². The molecule has 0 bridgehead atoms. The number of hydrogen-bond acceptors (Lipinski definition) is 2. The standard InChI is InChI=1S/C22H26Cl3NO2/c1-3-6-17-14-21(17,12-4-2)19(26-20(27)18-7-5-13-28-18)15-8-10-16(11-9-15)22(23,24)25/h5,7-11,13,17,19H,3-4,6,12,14H2,1-2H3,(H,26,27)/t17-,19+,21-/m1/s1. The van der Waals surface area contributed by atoms with E-state index in [9.17, 15) is 4.79 Å². The van der Waals surface area contributed by atoms with E-state index in [0.29, 0.717) is 17.2 Å². The fourth-order valence-electron chi connectivity index (χ4n) is 4.44. The van der Waals surface area contributed by atoms with Crippen molar-refractivity contribution in [3.63, 3.8) is 0 Å². The monoisotopic (exact) mass is 441 g/mol. The highest BCUT2D eigenvalue weighted by Gasteiger charge is 2.58. The number of rotatable bonds is 8. The predicted octanol–water partition coefficient (Wildman–Crippen LogP) is 7.18. The smallest absolute Gasteiger partial charge is 0.287 e. The van der Waals surface area contributed by atoms with Gasteiger partial charge in [-0.05, 0) is 41.9 Å². The largest absolute Gasteiger partial charge is 0.459 e. The molecule has 2 aromatic rings. The van der Waals surface area contributed by atoms with Crippen LogP contribution in [-0.2, 0) is 3.79 Å². The lowest BCUT2D eigenvalue weighted by Gasteiger charge is -2.30. The maximum Gasteiger partial charge on any atom is 0.287 e. The van der Waals surface area contributed by atoms with E-state index >= 15 is 0 Å². The van der Waals surface area contributed by atoms with Gasteiger partial charge >= 0.3 is 0 Å². The molecule has 1 aliphatic rings. The molecule has 3 nitrogen and oxygen atoms in total. The van der Waals surface area contributed by atoms with Crippen molar-refractivity contribution in [2.45, 2.75) is 55.8 Å². The minimum absolute atomic E-state index is 0.0640. The Hall–Kier alpha value is -1.16. The number of carbonyl (C=O) groups excluding carboxylic acids is 1. The van der Waals surface area contributed by atoms with E-state index in [1.807, 2.05) is 24.3 Å². The summed E-state index contributed by atoms with van der Waals surface area (Å²) >= 11 is 18.0. The van der Waals surface area contributed by atoms with E-state index in [4.69, 9.17) is 39.2 Å². The predicted molar refractivity (Wildman–Crippen MR) is 115 cm³/mol. The Kier molecular flexibility index (Phi) is 6.69. The third-order valence-electron chi connectivity index (χ3n) is 5.80. The van der Waals surface area contributed by atoms with Gasteiger partial charge < -0.3 is 9.73 Å². The zero-order valence-corrected chi connectivity index (χ0v) is 18.4. The first kappa shape index (κ1) is 21.5. The van der Waals surface area contributed by atoms with Crippen molar-refractivity contribution in [3.05, 3.63) is 59.5 Å². The van der Waals surface area contributed by atoms with Crippen LogP contribution in [0.1, 0.15) is 73.7 Å². The molecule has 1 saturated carbocycles. The number of nitrogens with one attached hydrogen (secondary N) is 1. The topological polar surface area (TPSA) is 42.2 Å². The van der Waals surface area contributed by atoms with Crippen LogP contribution in [0.3, 0.4) is 0 Å². The van der Waals surface area contributed by atoms with Crippen LogP contribution in [-0.4, -0.2) is 5.91 Å². The average molecular weight is 443 g/mol. The lowest BCUT2D eigenvalue weighted by Crippen LogP contribution is -2.35. The molecule has 0 radical (unpaired) electrons. The summed E-state index contributed by atoms with van der Waals surface area (Å²) in [5.74, 6) is 0.729. The quantitative estimate of drug-likeness (QED) is 0.440. The average Bonchev–Trinajstić information content (AvgIpc) is 3.08. The number of hydrogen-bond donors (Lipinski definition) is 1. The van der Waals surface area contributed by atoms with Gasteiger partial charge in [-0.3, -0.25) is 4.79 Å². The first-order valence-electron chi connectivity index (χ1n) is 9.83. The summed E-state index contributed by atoms with van der Waals surface area (Å²) in [4.78, 5) is 12.8. The van der Waals surface area contributed by atoms with Gasteiger partial charge in [0.25, 0.3) is 5.91 Å². The number of carbonyl (C=O) groups is 1. The zero-order valence-electron chi connectivity index (χ0n) is 16.2. The Balaban J connectivity index is 1.93. The molecule has 1 amide bonds. The SMILES string of the molecule is CCC[C@@H]1C[C@@]1(CCC)[C@@H](NC(=O)c1ccco1)c1ccc(C(Cl)(Cl)Cl)cc1. The normalized spacial score (nSPS) is 22.7. The number of alkyl halides is 3. The molecule has 0 unspecified atom stereocenters. The molecule has 1 aliphatic carbocycles. The molecular formula is C22H26Cl3NO2. The van der Waals surface area contributed by atoms with Crippen LogP contribution in [0.25, 0.3) is 0 Å². The van der Waals surface area contributed by atoms with E-state index in [1.54, 1.807) is 12.1 Å². The number of furan rings is 1. The Morgan fingerprint density at radius 2 is 1.93 bits per heavy atom. The van der Waals surface area contributed by atoms with Gasteiger partial charge in [-0.2, -0.15) is 0 Å². The molecule has 1 fully saturated rings. The molecule has 0 aliphatic heterocycles. The van der Waals surface area contributed by atoms with Gasteiger partial charge in [0.1, 0.15) is 0 Å². The van der Waals surface area contributed by atoms with Crippen molar-refractivity contribution < 1.29 is 9.21 Å². The van der Waals surface area contributed by atoms with Gasteiger partial charge in [0.2, 0.25) is 3.79 Å². The van der Waals surface area contributed by atoms with Crippen molar-refractivity contribution in [1.29, 1.82) is 0 Å². The minimum atomic E-state index is -1.46. The van der Waals surface area contributed by atoms with Crippen molar-refractivity contribution in [1.82, 2.24) is 5.32 Å². The molecule has 3 atom stereocenters. The van der Waals surface area contributed by atoms with E-state index < -0.39 is 3.79 Å². The lowest BCUT2D eigenvalue weighted by molar-refractivity contribution is 0.0879. The first-order chi connectivity index (χ1) is 13.3. The van der Waals surface area contributed by atoms with Gasteiger partial charge in [-0.1, -0.05) is 92.2 Å². The maximum atomic E-state index is 12.8. The first-order valence-corrected chi connectivity index (χ1v) is 11.0. The van der Waals surface area contributed by atoms with E-state index in [1.165, 1.54) is 12.7 Å². The van der Waals surface area contributed by atoms with Gasteiger partial charge in [-0.25, -0.2) is 0 Å². The molecule has 1 N–H and O–H groups in total. The van der Waals surface area contributed by atoms with Crippen molar-refractivity contribution in [2.75, 3.05) is 0 Å². The summed E-state index contributed by atoms with van der Waals surface area (Å²) in [6, 6.07) is 10.9.